The summed E-state index contributed by atoms with van der Waals surface area (Å²) in [5.74, 6) is -2.54. The van der Waals surface area contributed by atoms with Crippen LogP contribution in [0.1, 0.15) is 34.6 Å². The Hall–Kier alpha value is -4.23. The first kappa shape index (κ1) is 35.1. The number of nitrogens with one attached hydrogen (secondary N) is 2. The van der Waals surface area contributed by atoms with Crippen LogP contribution in [0.25, 0.3) is 0 Å². The largest absolute Gasteiger partial charge is 0.453 e. The van der Waals surface area contributed by atoms with Crippen molar-refractivity contribution < 1.29 is 31.5 Å². The van der Waals surface area contributed by atoms with E-state index in [0.717, 1.165) is 13.3 Å². The Morgan fingerprint density at radius 2 is 1.79 bits per heavy atom. The minimum absolute atomic E-state index is 0.115. The number of ketones is 1. The van der Waals surface area contributed by atoms with Crippen molar-refractivity contribution in [1.82, 2.24) is 19.9 Å². The van der Waals surface area contributed by atoms with Crippen LogP contribution in [0.2, 0.25) is 5.02 Å². The van der Waals surface area contributed by atoms with E-state index in [1.54, 1.807) is 60.7 Å². The van der Waals surface area contributed by atoms with Crippen molar-refractivity contribution in [3.8, 4) is 0 Å². The van der Waals surface area contributed by atoms with Crippen molar-refractivity contribution in [3.05, 3.63) is 130 Å². The van der Waals surface area contributed by atoms with Gasteiger partial charge in [0.05, 0.1) is 18.2 Å². The SMILES string of the molecule is COC(=O)N[C@H](C(=O)Cc1cncc(F)c1CC[C@H]1CNCCN1S(=O)(=O)c1ccccc1)[C@@H](c1ccc(Cl)cc1)c1cccc(F)c1. The number of halogens is 3. The van der Waals surface area contributed by atoms with E-state index in [1.807, 2.05) is 0 Å². The summed E-state index contributed by atoms with van der Waals surface area (Å²) in [4.78, 5) is 30.9. The van der Waals surface area contributed by atoms with Crippen molar-refractivity contribution >= 4 is 33.5 Å². The van der Waals surface area contributed by atoms with E-state index >= 15 is 4.39 Å². The topological polar surface area (TPSA) is 118 Å². The summed E-state index contributed by atoms with van der Waals surface area (Å²) < 4.78 is 63.2. The highest BCUT2D eigenvalue weighted by molar-refractivity contribution is 7.89. The molecule has 252 valence electrons. The molecule has 13 heteroatoms. The summed E-state index contributed by atoms with van der Waals surface area (Å²) in [7, 11) is -2.64. The molecule has 5 rings (SSSR count). The number of Topliss-reactive ketones (excluding diaryl/α,β-unsaturated/α-hetero) is 1. The standard InChI is InChI=1S/C35H35ClF2N4O5S/c1-47-35(44)41-34(33(23-10-12-26(36)13-11-23)24-6-5-7-27(37)18-24)32(43)19-25-20-40-22-31(38)30(25)15-14-28-21-39-16-17-42(28)48(45,46)29-8-3-2-4-9-29/h2-13,18,20,22,28,33-34,39H,14-17,19,21H2,1H3,(H,41,44)/t28-,33-,34+/m0/s1. The number of carbonyl (C=O) groups excluding carboxylic acids is 2. The van der Waals surface area contributed by atoms with Gasteiger partial charge in [-0.05, 0) is 71.5 Å². The molecule has 0 unspecified atom stereocenters. The van der Waals surface area contributed by atoms with E-state index in [1.165, 1.54) is 28.7 Å². The van der Waals surface area contributed by atoms with E-state index in [2.05, 4.69) is 15.6 Å². The molecule has 48 heavy (non-hydrogen) atoms. The van der Waals surface area contributed by atoms with Gasteiger partial charge >= 0.3 is 6.09 Å². The Labute approximate surface area is 283 Å². The number of sulfonamides is 1. The quantitative estimate of drug-likeness (QED) is 0.207. The lowest BCUT2D eigenvalue weighted by atomic mass is 9.81. The third-order valence-corrected chi connectivity index (χ3v) is 10.6. The van der Waals surface area contributed by atoms with Gasteiger partial charge in [-0.1, -0.05) is 54.1 Å². The molecule has 0 aliphatic carbocycles. The number of aromatic nitrogens is 1. The molecule has 4 aromatic rings. The molecule has 1 fully saturated rings. The molecule has 1 saturated heterocycles. The zero-order valence-electron chi connectivity index (χ0n) is 26.1. The number of rotatable bonds is 12. The van der Waals surface area contributed by atoms with Crippen LogP contribution in [-0.4, -0.2) is 68.4 Å². The number of alkyl carbamates (subject to hydrolysis) is 1. The maximum Gasteiger partial charge on any atom is 0.407 e. The van der Waals surface area contributed by atoms with Crippen molar-refractivity contribution in [1.29, 1.82) is 0 Å². The van der Waals surface area contributed by atoms with Crippen LogP contribution in [0.3, 0.4) is 0 Å². The highest BCUT2D eigenvalue weighted by atomic mass is 35.5. The summed E-state index contributed by atoms with van der Waals surface area (Å²) in [6.07, 6.45) is 1.61. The first-order chi connectivity index (χ1) is 23.1. The third-order valence-electron chi connectivity index (χ3n) is 8.41. The summed E-state index contributed by atoms with van der Waals surface area (Å²) >= 11 is 6.13. The second kappa shape index (κ2) is 15.8. The lowest BCUT2D eigenvalue weighted by Gasteiger charge is -2.35. The van der Waals surface area contributed by atoms with Crippen molar-refractivity contribution in [3.63, 3.8) is 0 Å². The molecular formula is C35H35ClF2N4O5S. The predicted molar refractivity (Wildman–Crippen MR) is 177 cm³/mol. The summed E-state index contributed by atoms with van der Waals surface area (Å²) in [6, 6.07) is 18.7. The molecule has 3 atom stereocenters. The Morgan fingerprint density at radius 3 is 2.50 bits per heavy atom. The van der Waals surface area contributed by atoms with Gasteiger partial charge in [0.2, 0.25) is 10.0 Å². The fourth-order valence-electron chi connectivity index (χ4n) is 6.06. The number of hydrogen-bond acceptors (Lipinski definition) is 7. The minimum atomic E-state index is -3.80. The van der Waals surface area contributed by atoms with Crippen LogP contribution in [0.5, 0.6) is 0 Å². The second-order valence-corrected chi connectivity index (χ2v) is 13.8. The van der Waals surface area contributed by atoms with Gasteiger partial charge in [0.15, 0.2) is 5.78 Å². The zero-order chi connectivity index (χ0) is 34.3. The minimum Gasteiger partial charge on any atom is -0.453 e. The first-order valence-electron chi connectivity index (χ1n) is 15.4. The van der Waals surface area contributed by atoms with Gasteiger partial charge in [-0.2, -0.15) is 4.31 Å². The molecule has 2 heterocycles. The number of ether oxygens (including phenoxy) is 1. The first-order valence-corrected chi connectivity index (χ1v) is 17.2. The number of piperazine rings is 1. The molecule has 1 aliphatic rings. The average Bonchev–Trinajstić information content (AvgIpc) is 3.09. The average molecular weight is 697 g/mol. The summed E-state index contributed by atoms with van der Waals surface area (Å²) in [5, 5.41) is 6.28. The van der Waals surface area contributed by atoms with Gasteiger partial charge in [0.1, 0.15) is 17.7 Å². The molecule has 0 bridgehead atoms. The number of amides is 1. The van der Waals surface area contributed by atoms with Crippen molar-refractivity contribution in [2.45, 2.75) is 42.2 Å². The number of hydrogen-bond donors (Lipinski definition) is 2. The molecule has 1 amide bonds. The van der Waals surface area contributed by atoms with Crippen molar-refractivity contribution in [2.75, 3.05) is 26.7 Å². The van der Waals surface area contributed by atoms with Gasteiger partial charge in [0, 0.05) is 49.2 Å². The normalized spacial score (nSPS) is 16.5. The van der Waals surface area contributed by atoms with Crippen LogP contribution in [-0.2, 0) is 32.4 Å². The molecule has 0 spiro atoms. The molecule has 0 saturated carbocycles. The maximum absolute atomic E-state index is 15.4. The van der Waals surface area contributed by atoms with E-state index in [0.29, 0.717) is 29.2 Å². The molecule has 9 nitrogen and oxygen atoms in total. The predicted octanol–water partition coefficient (Wildman–Crippen LogP) is 5.28. The lowest BCUT2D eigenvalue weighted by molar-refractivity contribution is -0.120. The lowest BCUT2D eigenvalue weighted by Crippen LogP contribution is -2.53. The molecule has 1 aliphatic heterocycles. The van der Waals surface area contributed by atoms with E-state index in [9.17, 15) is 22.4 Å². The van der Waals surface area contributed by atoms with Gasteiger partial charge in [-0.25, -0.2) is 22.0 Å². The Morgan fingerprint density at radius 1 is 1.04 bits per heavy atom. The number of pyridine rings is 1. The Balaban J connectivity index is 1.44. The second-order valence-electron chi connectivity index (χ2n) is 11.4. The zero-order valence-corrected chi connectivity index (χ0v) is 27.7. The molecule has 2 N–H and O–H groups in total. The van der Waals surface area contributed by atoms with Gasteiger partial charge in [0.25, 0.3) is 0 Å². The van der Waals surface area contributed by atoms with E-state index in [4.69, 9.17) is 16.3 Å². The Kier molecular flexibility index (Phi) is 11.5. The van der Waals surface area contributed by atoms with Crippen LogP contribution < -0.4 is 10.6 Å². The van der Waals surface area contributed by atoms with Gasteiger partial charge in [-0.3, -0.25) is 9.78 Å². The highest BCUT2D eigenvalue weighted by Crippen LogP contribution is 2.32. The highest BCUT2D eigenvalue weighted by Gasteiger charge is 2.35. The maximum atomic E-state index is 15.4. The third kappa shape index (κ3) is 8.24. The summed E-state index contributed by atoms with van der Waals surface area (Å²) in [6.45, 7) is 1.09. The van der Waals surface area contributed by atoms with E-state index in [-0.39, 0.29) is 41.8 Å². The number of benzene rings is 3. The smallest absolute Gasteiger partial charge is 0.407 e. The monoisotopic (exact) mass is 696 g/mol. The van der Waals surface area contributed by atoms with Crippen LogP contribution in [0, 0.1) is 11.6 Å². The molecule has 1 aromatic heterocycles. The van der Waals surface area contributed by atoms with Gasteiger partial charge < -0.3 is 15.4 Å². The molecule has 3 aromatic carbocycles. The molecule has 0 radical (unpaired) electrons. The van der Waals surface area contributed by atoms with Crippen LogP contribution in [0.15, 0.2) is 96.2 Å². The van der Waals surface area contributed by atoms with Gasteiger partial charge in [-0.15, -0.1) is 0 Å². The Bertz CT molecular complexity index is 1850. The number of carbonyl (C=O) groups is 2. The fourth-order valence-corrected chi connectivity index (χ4v) is 7.86. The number of nitrogens with zero attached hydrogens (tertiary/aromatic N) is 2. The number of methoxy groups -OCH3 is 1. The molecular weight excluding hydrogens is 662 g/mol. The van der Waals surface area contributed by atoms with E-state index < -0.39 is 51.5 Å². The van der Waals surface area contributed by atoms with Crippen molar-refractivity contribution in [2.24, 2.45) is 0 Å². The summed E-state index contributed by atoms with van der Waals surface area (Å²) in [5.41, 5.74) is 1.48. The van der Waals surface area contributed by atoms with Crippen LogP contribution >= 0.6 is 11.6 Å². The van der Waals surface area contributed by atoms with Crippen LogP contribution in [0.4, 0.5) is 13.6 Å². The fraction of sp³-hybridized carbons (Fsp3) is 0.286.